The molecule has 1 fully saturated rings. The van der Waals surface area contributed by atoms with Crippen molar-refractivity contribution in [3.8, 4) is 0 Å². The number of rotatable bonds is 3. The highest BCUT2D eigenvalue weighted by atomic mass is 15.4. The average molecular weight is 337 g/mol. The number of aryl methyl sites for hydroxylation is 2. The van der Waals surface area contributed by atoms with Crippen LogP contribution in [0.5, 0.6) is 0 Å². The fourth-order valence-corrected chi connectivity index (χ4v) is 3.09. The highest BCUT2D eigenvalue weighted by molar-refractivity contribution is 5.89. The largest absolute Gasteiger partial charge is 0.339 e. The topological polar surface area (TPSA) is 62.1 Å². The summed E-state index contributed by atoms with van der Waals surface area (Å²) < 4.78 is 1.81. The second-order valence-electron chi connectivity index (χ2n) is 6.61. The maximum atomic E-state index is 4.83. The summed E-state index contributed by atoms with van der Waals surface area (Å²) in [7, 11) is 4.06. The van der Waals surface area contributed by atoms with Gasteiger partial charge in [-0.3, -0.25) is 4.68 Å². The number of para-hydroxylation sites is 1. The lowest BCUT2D eigenvalue weighted by Crippen LogP contribution is -2.45. The second-order valence-corrected chi connectivity index (χ2v) is 6.61. The van der Waals surface area contributed by atoms with Crippen molar-refractivity contribution in [2.45, 2.75) is 6.92 Å². The Kier molecular flexibility index (Phi) is 4.01. The monoisotopic (exact) mass is 337 g/mol. The Balaban J connectivity index is 1.76. The van der Waals surface area contributed by atoms with Crippen molar-refractivity contribution >= 4 is 28.5 Å². The Morgan fingerprint density at radius 2 is 1.76 bits per heavy atom. The van der Waals surface area contributed by atoms with Crippen LogP contribution < -0.4 is 10.2 Å². The molecule has 7 heteroatoms. The molecule has 1 aromatic carbocycles. The predicted octanol–water partition coefficient (Wildman–Crippen LogP) is 2.17. The minimum absolute atomic E-state index is 0.764. The van der Waals surface area contributed by atoms with Gasteiger partial charge in [0.15, 0.2) is 5.65 Å². The van der Waals surface area contributed by atoms with Crippen LogP contribution in [-0.4, -0.2) is 57.9 Å². The van der Waals surface area contributed by atoms with Crippen molar-refractivity contribution in [2.24, 2.45) is 7.05 Å². The van der Waals surface area contributed by atoms with Gasteiger partial charge >= 0.3 is 0 Å². The van der Waals surface area contributed by atoms with Gasteiger partial charge in [0.1, 0.15) is 5.82 Å². The lowest BCUT2D eigenvalue weighted by Gasteiger charge is -2.32. The molecule has 3 heterocycles. The third kappa shape index (κ3) is 3.02. The van der Waals surface area contributed by atoms with Crippen LogP contribution >= 0.6 is 0 Å². The van der Waals surface area contributed by atoms with E-state index in [1.54, 1.807) is 4.68 Å². The van der Waals surface area contributed by atoms with E-state index in [9.17, 15) is 0 Å². The van der Waals surface area contributed by atoms with Gasteiger partial charge in [-0.15, -0.1) is 0 Å². The molecule has 4 rings (SSSR count). The summed E-state index contributed by atoms with van der Waals surface area (Å²) in [6, 6.07) is 8.22. The average Bonchev–Trinajstić information content (AvgIpc) is 2.99. The van der Waals surface area contributed by atoms with Gasteiger partial charge < -0.3 is 15.1 Å². The van der Waals surface area contributed by atoms with Crippen molar-refractivity contribution < 1.29 is 0 Å². The summed E-state index contributed by atoms with van der Waals surface area (Å²) >= 11 is 0. The number of fused-ring (bicyclic) bond motifs is 1. The molecular weight excluding hydrogens is 314 g/mol. The number of benzene rings is 1. The van der Waals surface area contributed by atoms with Crippen LogP contribution in [0, 0.1) is 6.92 Å². The highest BCUT2D eigenvalue weighted by Crippen LogP contribution is 2.27. The molecule has 0 aliphatic carbocycles. The Morgan fingerprint density at radius 1 is 1.00 bits per heavy atom. The molecule has 3 aromatic rings. The van der Waals surface area contributed by atoms with Crippen molar-refractivity contribution in [1.82, 2.24) is 24.6 Å². The molecule has 0 amide bonds. The molecule has 0 unspecified atom stereocenters. The zero-order valence-electron chi connectivity index (χ0n) is 14.9. The number of aromatic nitrogens is 4. The van der Waals surface area contributed by atoms with Crippen LogP contribution in [0.2, 0.25) is 0 Å². The number of hydrogen-bond acceptors (Lipinski definition) is 6. The minimum Gasteiger partial charge on any atom is -0.339 e. The maximum Gasteiger partial charge on any atom is 0.229 e. The molecule has 1 N–H and O–H groups in total. The molecule has 0 bridgehead atoms. The number of anilines is 3. The molecule has 0 radical (unpaired) electrons. The van der Waals surface area contributed by atoms with E-state index in [0.29, 0.717) is 0 Å². The summed E-state index contributed by atoms with van der Waals surface area (Å²) in [4.78, 5) is 14.2. The van der Waals surface area contributed by atoms with Crippen LogP contribution in [0.3, 0.4) is 0 Å². The Labute approximate surface area is 147 Å². The molecule has 7 nitrogen and oxygen atoms in total. The molecule has 1 aliphatic rings. The third-order valence-corrected chi connectivity index (χ3v) is 4.76. The van der Waals surface area contributed by atoms with E-state index < -0.39 is 0 Å². The van der Waals surface area contributed by atoms with Crippen molar-refractivity contribution in [2.75, 3.05) is 43.4 Å². The Morgan fingerprint density at radius 3 is 2.52 bits per heavy atom. The minimum atomic E-state index is 0.764. The number of likely N-dealkylation sites (N-methyl/N-ethyl adjacent to an activating group) is 1. The van der Waals surface area contributed by atoms with E-state index in [1.165, 1.54) is 5.56 Å². The van der Waals surface area contributed by atoms with Gasteiger partial charge in [0.05, 0.1) is 11.6 Å². The lowest BCUT2D eigenvalue weighted by atomic mass is 10.2. The zero-order valence-corrected chi connectivity index (χ0v) is 14.9. The van der Waals surface area contributed by atoms with Gasteiger partial charge in [0.2, 0.25) is 5.95 Å². The van der Waals surface area contributed by atoms with Crippen LogP contribution in [0.15, 0.2) is 30.5 Å². The first-order chi connectivity index (χ1) is 12.1. The fourth-order valence-electron chi connectivity index (χ4n) is 3.09. The molecule has 2 aromatic heterocycles. The van der Waals surface area contributed by atoms with E-state index in [-0.39, 0.29) is 0 Å². The van der Waals surface area contributed by atoms with E-state index in [4.69, 9.17) is 9.97 Å². The molecule has 0 spiro atoms. The summed E-state index contributed by atoms with van der Waals surface area (Å²) in [6.07, 6.45) is 1.82. The van der Waals surface area contributed by atoms with E-state index in [2.05, 4.69) is 46.3 Å². The standard InChI is InChI=1S/C18H23N7/c1-13-6-4-5-7-15(13)20-16-14-12-19-24(3)17(14)22-18(21-16)25-10-8-23(2)9-11-25/h4-7,12H,8-11H2,1-3H3,(H,20,21,22). The van der Waals surface area contributed by atoms with Crippen molar-refractivity contribution in [1.29, 1.82) is 0 Å². The predicted molar refractivity (Wildman–Crippen MR) is 100 cm³/mol. The lowest BCUT2D eigenvalue weighted by molar-refractivity contribution is 0.311. The van der Waals surface area contributed by atoms with Gasteiger partial charge in [-0.25, -0.2) is 0 Å². The maximum absolute atomic E-state index is 4.83. The molecule has 1 aliphatic heterocycles. The number of nitrogens with one attached hydrogen (secondary N) is 1. The van der Waals surface area contributed by atoms with Gasteiger partial charge in [-0.1, -0.05) is 18.2 Å². The molecule has 0 saturated carbocycles. The quantitative estimate of drug-likeness (QED) is 0.790. The first-order valence-corrected chi connectivity index (χ1v) is 8.58. The van der Waals surface area contributed by atoms with Gasteiger partial charge in [-0.05, 0) is 25.6 Å². The number of piperazine rings is 1. The molecule has 25 heavy (non-hydrogen) atoms. The summed E-state index contributed by atoms with van der Waals surface area (Å²) in [5.41, 5.74) is 3.08. The van der Waals surface area contributed by atoms with E-state index in [1.807, 2.05) is 25.4 Å². The number of hydrogen-bond donors (Lipinski definition) is 1. The molecule has 130 valence electrons. The first kappa shape index (κ1) is 15.8. The second kappa shape index (κ2) is 6.33. The van der Waals surface area contributed by atoms with E-state index >= 15 is 0 Å². The van der Waals surface area contributed by atoms with Gasteiger partial charge in [0.25, 0.3) is 0 Å². The van der Waals surface area contributed by atoms with Crippen LogP contribution in [0.1, 0.15) is 5.56 Å². The first-order valence-electron chi connectivity index (χ1n) is 8.58. The summed E-state index contributed by atoms with van der Waals surface area (Å²) in [6.45, 7) is 6.00. The smallest absolute Gasteiger partial charge is 0.229 e. The number of nitrogens with zero attached hydrogens (tertiary/aromatic N) is 6. The zero-order chi connectivity index (χ0) is 17.4. The molecule has 0 atom stereocenters. The van der Waals surface area contributed by atoms with Crippen LogP contribution in [-0.2, 0) is 7.05 Å². The Bertz CT molecular complexity index is 894. The summed E-state index contributed by atoms with van der Waals surface area (Å²) in [5, 5.41) is 8.78. The summed E-state index contributed by atoms with van der Waals surface area (Å²) in [5.74, 6) is 1.57. The van der Waals surface area contributed by atoms with Gasteiger partial charge in [-0.2, -0.15) is 15.1 Å². The van der Waals surface area contributed by atoms with E-state index in [0.717, 1.165) is 54.7 Å². The van der Waals surface area contributed by atoms with Gasteiger partial charge in [0, 0.05) is 38.9 Å². The SMILES string of the molecule is Cc1ccccc1Nc1nc(N2CCN(C)CC2)nc2c1cnn2C. The normalized spacial score (nSPS) is 15.7. The van der Waals surface area contributed by atoms with Crippen molar-refractivity contribution in [3.63, 3.8) is 0 Å². The highest BCUT2D eigenvalue weighted by Gasteiger charge is 2.20. The molecular formula is C18H23N7. The Hall–Kier alpha value is -2.67. The fraction of sp³-hybridized carbons (Fsp3) is 0.389. The third-order valence-electron chi connectivity index (χ3n) is 4.76. The van der Waals surface area contributed by atoms with Crippen LogP contribution in [0.25, 0.3) is 11.0 Å². The van der Waals surface area contributed by atoms with Crippen LogP contribution in [0.4, 0.5) is 17.5 Å². The molecule has 1 saturated heterocycles. The van der Waals surface area contributed by atoms with Crippen molar-refractivity contribution in [3.05, 3.63) is 36.0 Å².